The summed E-state index contributed by atoms with van der Waals surface area (Å²) in [6.07, 6.45) is 6.27. The second-order valence-corrected chi connectivity index (χ2v) is 11.2. The first-order valence-corrected chi connectivity index (χ1v) is 14.4. The molecule has 1 saturated heterocycles. The quantitative estimate of drug-likeness (QED) is 0.206. The maximum atomic E-state index is 13.4. The van der Waals surface area contributed by atoms with Gasteiger partial charge in [-0.1, -0.05) is 61.4 Å². The molecule has 0 saturated carbocycles. The normalized spacial score (nSPS) is 19.6. The topological polar surface area (TPSA) is 91.1 Å². The maximum Gasteiger partial charge on any atom is 0.417 e. The van der Waals surface area contributed by atoms with Crippen molar-refractivity contribution in [2.24, 2.45) is 0 Å². The van der Waals surface area contributed by atoms with E-state index in [1.54, 1.807) is 6.92 Å². The zero-order valence-electron chi connectivity index (χ0n) is 23.6. The zero-order chi connectivity index (χ0) is 27.8. The largest absolute Gasteiger partial charge is 0.417 e. The molecule has 3 atom stereocenters. The lowest BCUT2D eigenvalue weighted by Crippen LogP contribution is -2.60. The number of benzene rings is 2. The van der Waals surface area contributed by atoms with Crippen LogP contribution >= 0.6 is 0 Å². The average Bonchev–Trinajstić information content (AvgIpc) is 3.48. The van der Waals surface area contributed by atoms with Crippen LogP contribution in [0.5, 0.6) is 0 Å². The molecule has 1 aliphatic heterocycles. The third-order valence-electron chi connectivity index (χ3n) is 8.37. The molecule has 4 rings (SSSR count). The van der Waals surface area contributed by atoms with Crippen LogP contribution in [0.1, 0.15) is 64.4 Å². The Bertz CT molecular complexity index is 1290. The van der Waals surface area contributed by atoms with Crippen LogP contribution in [0.3, 0.4) is 0 Å². The van der Waals surface area contributed by atoms with Crippen LogP contribution < -0.4 is 10.6 Å². The maximum absolute atomic E-state index is 13.4. The van der Waals surface area contributed by atoms with Gasteiger partial charge in [-0.2, -0.15) is 0 Å². The highest BCUT2D eigenvalue weighted by Crippen LogP contribution is 2.30. The molecule has 3 aromatic rings. The van der Waals surface area contributed by atoms with Crippen LogP contribution in [0.15, 0.2) is 54.6 Å². The minimum absolute atomic E-state index is 0.0770. The number of nitrogens with one attached hydrogen (secondary N) is 3. The van der Waals surface area contributed by atoms with Gasteiger partial charge in [-0.05, 0) is 50.3 Å². The van der Waals surface area contributed by atoms with Gasteiger partial charge in [0.15, 0.2) is 0 Å². The van der Waals surface area contributed by atoms with Gasteiger partial charge in [0, 0.05) is 42.4 Å². The third-order valence-corrected chi connectivity index (χ3v) is 8.37. The molecule has 39 heavy (non-hydrogen) atoms. The molecule has 3 amide bonds. The minimum atomic E-state index is -0.589. The van der Waals surface area contributed by atoms with Gasteiger partial charge in [0.2, 0.25) is 5.91 Å². The number of unbranched alkanes of at least 4 members (excludes halogenated alkanes) is 2. The lowest BCUT2D eigenvalue weighted by atomic mass is 10.0. The van der Waals surface area contributed by atoms with E-state index >= 15 is 0 Å². The second kappa shape index (κ2) is 13.1. The number of hydrogen-bond acceptors (Lipinski definition) is 3. The number of H-pyrrole nitrogens is 1. The molecule has 0 aliphatic carbocycles. The van der Waals surface area contributed by atoms with Gasteiger partial charge < -0.3 is 15.1 Å². The van der Waals surface area contributed by atoms with Crippen molar-refractivity contribution in [3.63, 3.8) is 0 Å². The molecule has 1 fully saturated rings. The molecule has 0 radical (unpaired) electrons. The Morgan fingerprint density at radius 3 is 2.49 bits per heavy atom. The fourth-order valence-corrected chi connectivity index (χ4v) is 5.73. The van der Waals surface area contributed by atoms with Crippen LogP contribution in [0, 0.1) is 0 Å². The van der Waals surface area contributed by atoms with E-state index < -0.39 is 6.04 Å². The van der Waals surface area contributed by atoms with E-state index in [0.29, 0.717) is 30.3 Å². The third kappa shape index (κ3) is 6.95. The number of amides is 3. The van der Waals surface area contributed by atoms with Crippen molar-refractivity contribution >= 4 is 28.6 Å². The Hall–Kier alpha value is -3.45. The molecule has 7 heteroatoms. The number of likely N-dealkylation sites (tertiary alicyclic amines) is 1. The lowest BCUT2D eigenvalue weighted by Gasteiger charge is -2.32. The molecule has 208 valence electrons. The Labute approximate surface area is 231 Å². The van der Waals surface area contributed by atoms with Crippen molar-refractivity contribution in [3.8, 4) is 11.3 Å². The summed E-state index contributed by atoms with van der Waals surface area (Å²) in [6.45, 7) is 4.98. The number of Topliss-reactive ketones (excluding diaryl/α,β-unsaturated/α-hetero) is 1. The highest BCUT2D eigenvalue weighted by Gasteiger charge is 2.43. The summed E-state index contributed by atoms with van der Waals surface area (Å²) in [7, 11) is 1.97. The van der Waals surface area contributed by atoms with E-state index in [0.717, 1.165) is 60.8 Å². The van der Waals surface area contributed by atoms with E-state index in [2.05, 4.69) is 46.8 Å². The summed E-state index contributed by atoms with van der Waals surface area (Å²) in [5.41, 5.74) is 4.43. The fourth-order valence-electron chi connectivity index (χ4n) is 5.73. The zero-order valence-corrected chi connectivity index (χ0v) is 23.6. The Kier molecular flexibility index (Phi) is 9.57. The van der Waals surface area contributed by atoms with E-state index in [1.807, 2.05) is 37.4 Å². The van der Waals surface area contributed by atoms with E-state index in [-0.39, 0.29) is 23.8 Å². The van der Waals surface area contributed by atoms with Crippen LogP contribution in [-0.2, 0) is 16.0 Å². The first-order valence-electron chi connectivity index (χ1n) is 14.4. The number of fused-ring (bicyclic) bond motifs is 1. The number of aromatic nitrogens is 1. The van der Waals surface area contributed by atoms with Crippen molar-refractivity contribution in [2.45, 2.75) is 77.3 Å². The minimum Gasteiger partial charge on any atom is -0.354 e. The molecule has 1 aromatic heterocycles. The summed E-state index contributed by atoms with van der Waals surface area (Å²) in [4.78, 5) is 41.6. The molecule has 0 bridgehead atoms. The summed E-state index contributed by atoms with van der Waals surface area (Å²) in [5, 5.41) is 7.36. The Morgan fingerprint density at radius 1 is 1.03 bits per heavy atom. The first-order chi connectivity index (χ1) is 18.8. The number of urea groups is 1. The van der Waals surface area contributed by atoms with Gasteiger partial charge >= 0.3 is 6.03 Å². The standard InChI is InChI=1S/C32H42N4O3/c1-23-13-12-22-36(23,3)32(39)35-29(19-9-4-6-14-24(2)37)31(38)33-21-20-27-26-17-10-11-18-28(26)34-30(27)25-15-7-5-8-16-25/h5,7-8,10-11,15-18,23,29,34H,4,6,9,12-14,19-22H2,1-3H3,(H-,33,35,38,39)/p+1/t23-,29+,36?/m1/s1. The molecule has 3 N–H and O–H groups in total. The highest BCUT2D eigenvalue weighted by molar-refractivity contribution is 5.91. The van der Waals surface area contributed by atoms with E-state index in [9.17, 15) is 14.4 Å². The number of hydrogen-bond donors (Lipinski definition) is 3. The van der Waals surface area contributed by atoms with Crippen molar-refractivity contribution in [1.82, 2.24) is 15.6 Å². The summed E-state index contributed by atoms with van der Waals surface area (Å²) >= 11 is 0. The Balaban J connectivity index is 1.43. The monoisotopic (exact) mass is 531 g/mol. The summed E-state index contributed by atoms with van der Waals surface area (Å²) in [5.74, 6) is 0.0414. The first kappa shape index (κ1) is 28.6. The van der Waals surface area contributed by atoms with Crippen molar-refractivity contribution < 1.29 is 18.9 Å². The summed E-state index contributed by atoms with van der Waals surface area (Å²) < 4.78 is 0.323. The SMILES string of the molecule is CC(=O)CCCCC[C@H](NC(=O)[N+]1(C)CCC[C@H]1C)C(=O)NCCc1c(-c2ccccc2)[nH]c2ccccc12. The molecular formula is C32H43N4O3+. The molecular weight excluding hydrogens is 488 g/mol. The fraction of sp³-hybridized carbons (Fsp3) is 0.469. The van der Waals surface area contributed by atoms with Crippen LogP contribution in [0.25, 0.3) is 22.2 Å². The molecule has 1 aliphatic rings. The lowest BCUT2D eigenvalue weighted by molar-refractivity contribution is -0.840. The van der Waals surface area contributed by atoms with Crippen LogP contribution in [0.2, 0.25) is 0 Å². The number of nitrogens with zero attached hydrogens (tertiary/aromatic N) is 1. The number of para-hydroxylation sites is 1. The number of rotatable bonds is 12. The van der Waals surface area contributed by atoms with Crippen molar-refractivity contribution in [3.05, 3.63) is 60.2 Å². The number of ketones is 1. The van der Waals surface area contributed by atoms with Gasteiger partial charge in [0.05, 0.1) is 19.6 Å². The van der Waals surface area contributed by atoms with Gasteiger partial charge in [0.1, 0.15) is 11.8 Å². The molecule has 1 unspecified atom stereocenters. The van der Waals surface area contributed by atoms with E-state index in [1.165, 1.54) is 5.56 Å². The van der Waals surface area contributed by atoms with Gasteiger partial charge in [-0.25, -0.2) is 9.28 Å². The number of carbonyl (C=O) groups excluding carboxylic acids is 3. The van der Waals surface area contributed by atoms with Crippen molar-refractivity contribution in [1.29, 1.82) is 0 Å². The molecule has 0 spiro atoms. The number of carbonyl (C=O) groups is 3. The molecule has 2 aromatic carbocycles. The predicted molar refractivity (Wildman–Crippen MR) is 156 cm³/mol. The second-order valence-electron chi connectivity index (χ2n) is 11.2. The molecule has 7 nitrogen and oxygen atoms in total. The Morgan fingerprint density at radius 2 is 1.77 bits per heavy atom. The average molecular weight is 532 g/mol. The highest BCUT2D eigenvalue weighted by atomic mass is 16.2. The van der Waals surface area contributed by atoms with Crippen LogP contribution in [-0.4, -0.2) is 59.4 Å². The number of aromatic amines is 1. The van der Waals surface area contributed by atoms with Gasteiger partial charge in [-0.3, -0.25) is 10.1 Å². The smallest absolute Gasteiger partial charge is 0.354 e. The van der Waals surface area contributed by atoms with Crippen molar-refractivity contribution in [2.75, 3.05) is 20.1 Å². The van der Waals surface area contributed by atoms with Gasteiger partial charge in [0.25, 0.3) is 0 Å². The van der Waals surface area contributed by atoms with E-state index in [4.69, 9.17) is 0 Å². The molecule has 2 heterocycles. The summed E-state index contributed by atoms with van der Waals surface area (Å²) in [6, 6.07) is 18.1. The number of quaternary nitrogens is 1. The van der Waals surface area contributed by atoms with Gasteiger partial charge in [-0.15, -0.1) is 0 Å². The van der Waals surface area contributed by atoms with Crippen LogP contribution in [0.4, 0.5) is 4.79 Å². The predicted octanol–water partition coefficient (Wildman–Crippen LogP) is 5.74.